The number of aromatic nitrogens is 1. The van der Waals surface area contributed by atoms with E-state index in [0.717, 1.165) is 18.7 Å². The van der Waals surface area contributed by atoms with Crippen LogP contribution in [0.3, 0.4) is 0 Å². The lowest BCUT2D eigenvalue weighted by Crippen LogP contribution is -2.07. The Morgan fingerprint density at radius 1 is 1.14 bits per heavy atom. The highest BCUT2D eigenvalue weighted by Gasteiger charge is 2.06. The summed E-state index contributed by atoms with van der Waals surface area (Å²) in [6.07, 6.45) is 7.96. The number of hydrogen-bond donors (Lipinski definition) is 1. The topological polar surface area (TPSA) is 37.3 Å². The van der Waals surface area contributed by atoms with Crippen molar-refractivity contribution < 1.29 is 0 Å². The molecule has 0 radical (unpaired) electrons. The number of rotatable bonds is 2. The normalized spacial score (nSPS) is 16.4. The zero-order chi connectivity index (χ0) is 9.64. The molecular formula is C11H15N3. The largest absolute Gasteiger partial charge is 0.261 e. The zero-order valence-corrected chi connectivity index (χ0v) is 8.24. The van der Waals surface area contributed by atoms with Gasteiger partial charge in [-0.25, -0.2) is 4.98 Å². The van der Waals surface area contributed by atoms with E-state index in [4.69, 9.17) is 0 Å². The summed E-state index contributed by atoms with van der Waals surface area (Å²) < 4.78 is 0. The molecule has 0 unspecified atom stereocenters. The van der Waals surface area contributed by atoms with E-state index in [2.05, 4.69) is 15.5 Å². The standard InChI is InChI=1S/C11H15N3/c1-2-6-10(7-3-1)13-14-11-8-4-5-9-12-11/h4-5,8-9H,1-3,6-7H2,(H,12,14). The minimum Gasteiger partial charge on any atom is -0.261 e. The van der Waals surface area contributed by atoms with Gasteiger partial charge >= 0.3 is 0 Å². The molecule has 1 aromatic rings. The van der Waals surface area contributed by atoms with Crippen molar-refractivity contribution in [1.29, 1.82) is 0 Å². The van der Waals surface area contributed by atoms with Gasteiger partial charge in [0.25, 0.3) is 0 Å². The average molecular weight is 189 g/mol. The van der Waals surface area contributed by atoms with Crippen LogP contribution in [0.4, 0.5) is 5.82 Å². The van der Waals surface area contributed by atoms with Gasteiger partial charge in [0, 0.05) is 11.9 Å². The van der Waals surface area contributed by atoms with Crippen molar-refractivity contribution in [3.05, 3.63) is 24.4 Å². The summed E-state index contributed by atoms with van der Waals surface area (Å²) in [5, 5.41) is 4.36. The van der Waals surface area contributed by atoms with Gasteiger partial charge in [-0.2, -0.15) is 5.10 Å². The van der Waals surface area contributed by atoms with Crippen LogP contribution in [0.15, 0.2) is 29.5 Å². The molecule has 0 amide bonds. The monoisotopic (exact) mass is 189 g/mol. The van der Waals surface area contributed by atoms with Crippen molar-refractivity contribution in [2.24, 2.45) is 5.10 Å². The van der Waals surface area contributed by atoms with Crippen LogP contribution in [-0.2, 0) is 0 Å². The Bertz CT molecular complexity index is 298. The first-order valence-electron chi connectivity index (χ1n) is 5.17. The van der Waals surface area contributed by atoms with Crippen molar-refractivity contribution in [3.63, 3.8) is 0 Å². The molecule has 0 spiro atoms. The third-order valence-corrected chi connectivity index (χ3v) is 2.42. The SMILES string of the molecule is c1ccc(NN=C2CCCCC2)nc1. The quantitative estimate of drug-likeness (QED) is 0.726. The molecule has 0 bridgehead atoms. The average Bonchev–Trinajstić information content (AvgIpc) is 2.29. The second-order valence-corrected chi connectivity index (χ2v) is 3.57. The Morgan fingerprint density at radius 3 is 2.71 bits per heavy atom. The van der Waals surface area contributed by atoms with Crippen molar-refractivity contribution in [2.45, 2.75) is 32.1 Å². The number of pyridine rings is 1. The zero-order valence-electron chi connectivity index (χ0n) is 8.24. The third-order valence-electron chi connectivity index (χ3n) is 2.42. The lowest BCUT2D eigenvalue weighted by Gasteiger charge is -2.11. The summed E-state index contributed by atoms with van der Waals surface area (Å²) in [5.41, 5.74) is 4.27. The highest BCUT2D eigenvalue weighted by atomic mass is 15.3. The van der Waals surface area contributed by atoms with E-state index < -0.39 is 0 Å². The van der Waals surface area contributed by atoms with E-state index in [9.17, 15) is 0 Å². The molecule has 2 rings (SSSR count). The number of hydrazone groups is 1. The van der Waals surface area contributed by atoms with Crippen LogP contribution >= 0.6 is 0 Å². The summed E-state index contributed by atoms with van der Waals surface area (Å²) in [4.78, 5) is 4.14. The van der Waals surface area contributed by atoms with Gasteiger partial charge in [0.1, 0.15) is 5.82 Å². The van der Waals surface area contributed by atoms with Crippen LogP contribution in [0, 0.1) is 0 Å². The van der Waals surface area contributed by atoms with E-state index in [1.165, 1.54) is 25.0 Å². The van der Waals surface area contributed by atoms with E-state index in [1.54, 1.807) is 6.20 Å². The Balaban J connectivity index is 1.92. The van der Waals surface area contributed by atoms with Crippen molar-refractivity contribution in [3.8, 4) is 0 Å². The Labute approximate surface area is 84.3 Å². The van der Waals surface area contributed by atoms with Gasteiger partial charge in [0.15, 0.2) is 0 Å². The maximum Gasteiger partial charge on any atom is 0.146 e. The van der Waals surface area contributed by atoms with Crippen LogP contribution in [0.2, 0.25) is 0 Å². The van der Waals surface area contributed by atoms with Gasteiger partial charge in [-0.1, -0.05) is 12.5 Å². The highest BCUT2D eigenvalue weighted by Crippen LogP contribution is 2.14. The van der Waals surface area contributed by atoms with Crippen LogP contribution in [0.1, 0.15) is 32.1 Å². The first-order chi connectivity index (χ1) is 6.95. The summed E-state index contributed by atoms with van der Waals surface area (Å²) >= 11 is 0. The Kier molecular flexibility index (Phi) is 3.11. The van der Waals surface area contributed by atoms with Gasteiger partial charge in [0.2, 0.25) is 0 Å². The van der Waals surface area contributed by atoms with E-state index in [0.29, 0.717) is 0 Å². The van der Waals surface area contributed by atoms with Gasteiger partial charge in [-0.05, 0) is 37.8 Å². The minimum atomic E-state index is 0.825. The molecule has 0 saturated heterocycles. The molecule has 1 saturated carbocycles. The minimum absolute atomic E-state index is 0.825. The first kappa shape index (κ1) is 9.19. The molecule has 1 N–H and O–H groups in total. The van der Waals surface area contributed by atoms with Crippen molar-refractivity contribution in [1.82, 2.24) is 4.98 Å². The van der Waals surface area contributed by atoms with Gasteiger partial charge in [0.05, 0.1) is 0 Å². The van der Waals surface area contributed by atoms with Crippen molar-refractivity contribution >= 4 is 11.5 Å². The molecular weight excluding hydrogens is 174 g/mol. The van der Waals surface area contributed by atoms with Crippen LogP contribution in [0.25, 0.3) is 0 Å². The second-order valence-electron chi connectivity index (χ2n) is 3.57. The fourth-order valence-electron chi connectivity index (χ4n) is 1.64. The molecule has 0 atom stereocenters. The molecule has 1 aromatic heterocycles. The van der Waals surface area contributed by atoms with Crippen LogP contribution in [-0.4, -0.2) is 10.7 Å². The van der Waals surface area contributed by atoms with Gasteiger partial charge in [-0.15, -0.1) is 0 Å². The molecule has 1 heterocycles. The summed E-state index contributed by atoms with van der Waals surface area (Å²) in [5.74, 6) is 0.825. The van der Waals surface area contributed by atoms with Gasteiger partial charge < -0.3 is 0 Å². The third kappa shape index (κ3) is 2.55. The smallest absolute Gasteiger partial charge is 0.146 e. The fraction of sp³-hybridized carbons (Fsp3) is 0.455. The van der Waals surface area contributed by atoms with Gasteiger partial charge in [-0.3, -0.25) is 5.43 Å². The summed E-state index contributed by atoms with van der Waals surface area (Å²) in [6.45, 7) is 0. The predicted molar refractivity (Wildman–Crippen MR) is 58.4 cm³/mol. The molecule has 3 nitrogen and oxygen atoms in total. The van der Waals surface area contributed by atoms with E-state index in [-0.39, 0.29) is 0 Å². The summed E-state index contributed by atoms with van der Waals surface area (Å²) in [6, 6.07) is 5.78. The first-order valence-corrected chi connectivity index (χ1v) is 5.17. The Hall–Kier alpha value is -1.38. The molecule has 14 heavy (non-hydrogen) atoms. The van der Waals surface area contributed by atoms with Crippen LogP contribution < -0.4 is 5.43 Å². The second kappa shape index (κ2) is 4.74. The number of nitrogens with one attached hydrogen (secondary N) is 1. The molecule has 3 heteroatoms. The molecule has 1 aliphatic carbocycles. The molecule has 0 aliphatic heterocycles. The van der Waals surface area contributed by atoms with Crippen LogP contribution in [0.5, 0.6) is 0 Å². The number of nitrogens with zero attached hydrogens (tertiary/aromatic N) is 2. The molecule has 74 valence electrons. The van der Waals surface area contributed by atoms with Crippen molar-refractivity contribution in [2.75, 3.05) is 5.43 Å². The molecule has 1 aliphatic rings. The number of anilines is 1. The lowest BCUT2D eigenvalue weighted by atomic mass is 9.99. The highest BCUT2D eigenvalue weighted by molar-refractivity contribution is 5.85. The number of hydrogen-bond acceptors (Lipinski definition) is 3. The maximum absolute atomic E-state index is 4.36. The molecule has 0 aromatic carbocycles. The Morgan fingerprint density at radius 2 is 2.00 bits per heavy atom. The fourth-order valence-corrected chi connectivity index (χ4v) is 1.64. The molecule has 1 fully saturated rings. The predicted octanol–water partition coefficient (Wildman–Crippen LogP) is 2.81. The van der Waals surface area contributed by atoms with E-state index >= 15 is 0 Å². The summed E-state index contributed by atoms with van der Waals surface area (Å²) in [7, 11) is 0. The van der Waals surface area contributed by atoms with E-state index in [1.807, 2.05) is 18.2 Å². The maximum atomic E-state index is 4.36. The lowest BCUT2D eigenvalue weighted by molar-refractivity contribution is 0.665.